The predicted octanol–water partition coefficient (Wildman–Crippen LogP) is 2.46. The zero-order valence-electron chi connectivity index (χ0n) is 14.7. The summed E-state index contributed by atoms with van der Waals surface area (Å²) < 4.78 is 5.02. The predicted molar refractivity (Wildman–Crippen MR) is 95.7 cm³/mol. The monoisotopic (exact) mass is 340 g/mol. The number of ether oxygens (including phenoxy) is 1. The molecule has 132 valence electrons. The fourth-order valence-corrected chi connectivity index (χ4v) is 3.33. The van der Waals surface area contributed by atoms with Crippen LogP contribution in [0.1, 0.15) is 27.9 Å². The van der Waals surface area contributed by atoms with Crippen LogP contribution in [0.5, 0.6) is 5.88 Å². The van der Waals surface area contributed by atoms with Crippen molar-refractivity contribution in [2.45, 2.75) is 25.9 Å². The van der Waals surface area contributed by atoms with Gasteiger partial charge in [0, 0.05) is 25.4 Å². The van der Waals surface area contributed by atoms with Gasteiger partial charge in [-0.15, -0.1) is 0 Å². The molecule has 0 radical (unpaired) electrons. The lowest BCUT2D eigenvalue weighted by Crippen LogP contribution is -2.47. The van der Waals surface area contributed by atoms with Crippen LogP contribution in [-0.4, -0.2) is 47.2 Å². The maximum absolute atomic E-state index is 12.6. The van der Waals surface area contributed by atoms with Crippen molar-refractivity contribution in [2.75, 3.05) is 20.2 Å². The van der Waals surface area contributed by atoms with Crippen LogP contribution < -0.4 is 4.74 Å². The van der Waals surface area contributed by atoms with Gasteiger partial charge in [0.25, 0.3) is 5.91 Å². The molecule has 5 heteroatoms. The molecule has 2 heterocycles. The number of carbonyl (C=O) groups excluding carboxylic acids is 1. The van der Waals surface area contributed by atoms with E-state index in [9.17, 15) is 9.90 Å². The summed E-state index contributed by atoms with van der Waals surface area (Å²) in [4.78, 5) is 18.4. The molecule has 2 atom stereocenters. The third-order valence-electron chi connectivity index (χ3n) is 4.94. The van der Waals surface area contributed by atoms with E-state index in [-0.39, 0.29) is 11.8 Å². The number of nitrogens with zero attached hydrogens (tertiary/aromatic N) is 2. The van der Waals surface area contributed by atoms with Crippen molar-refractivity contribution in [2.24, 2.45) is 5.92 Å². The Labute approximate surface area is 148 Å². The van der Waals surface area contributed by atoms with Crippen molar-refractivity contribution in [1.29, 1.82) is 0 Å². The molecule has 1 N–H and O–H groups in total. The normalized spacial score (nSPS) is 20.4. The van der Waals surface area contributed by atoms with Gasteiger partial charge in [0.1, 0.15) is 0 Å². The smallest absolute Gasteiger partial charge is 0.255 e. The van der Waals surface area contributed by atoms with E-state index in [2.05, 4.69) is 24.0 Å². The second-order valence-electron chi connectivity index (χ2n) is 6.59. The first-order valence-corrected chi connectivity index (χ1v) is 8.60. The summed E-state index contributed by atoms with van der Waals surface area (Å²) in [5.41, 5.74) is 3.04. The molecule has 1 amide bonds. The summed E-state index contributed by atoms with van der Waals surface area (Å²) in [6, 6.07) is 11.7. The first-order valence-electron chi connectivity index (χ1n) is 8.60. The molecule has 2 aromatic rings. The van der Waals surface area contributed by atoms with Gasteiger partial charge in [0.2, 0.25) is 5.88 Å². The van der Waals surface area contributed by atoms with E-state index >= 15 is 0 Å². The fraction of sp³-hybridized carbons (Fsp3) is 0.400. The summed E-state index contributed by atoms with van der Waals surface area (Å²) in [6.07, 6.45) is 2.65. The molecule has 1 fully saturated rings. The standard InChI is InChI=1S/C20H24N2O3/c1-14-5-3-4-6-15(14)11-16-9-10-22(13-18(16)23)20(24)17-7-8-19(25-2)21-12-17/h3-8,12,16,18,23H,9-11,13H2,1-2H3/t16-,18-/m1/s1. The Balaban J connectivity index is 1.62. The molecule has 1 aromatic heterocycles. The number of likely N-dealkylation sites (tertiary alicyclic amines) is 1. The zero-order valence-corrected chi connectivity index (χ0v) is 14.7. The highest BCUT2D eigenvalue weighted by Gasteiger charge is 2.31. The lowest BCUT2D eigenvalue weighted by atomic mass is 9.86. The van der Waals surface area contributed by atoms with E-state index in [0.717, 1.165) is 12.8 Å². The SMILES string of the molecule is COc1ccc(C(=O)N2CC[C@H](Cc3ccccc3C)[C@H](O)C2)cn1. The highest BCUT2D eigenvalue weighted by atomic mass is 16.5. The molecular weight excluding hydrogens is 316 g/mol. The Kier molecular flexibility index (Phi) is 5.34. The van der Waals surface area contributed by atoms with Crippen molar-refractivity contribution in [3.8, 4) is 5.88 Å². The highest BCUT2D eigenvalue weighted by Crippen LogP contribution is 2.24. The van der Waals surface area contributed by atoms with Crippen LogP contribution in [0, 0.1) is 12.8 Å². The third-order valence-corrected chi connectivity index (χ3v) is 4.94. The van der Waals surface area contributed by atoms with E-state index < -0.39 is 6.10 Å². The lowest BCUT2D eigenvalue weighted by molar-refractivity contribution is 0.0197. The first kappa shape index (κ1) is 17.4. The number of hydrogen-bond donors (Lipinski definition) is 1. The minimum absolute atomic E-state index is 0.0939. The number of aliphatic hydroxyl groups excluding tert-OH is 1. The molecule has 1 aliphatic rings. The van der Waals surface area contributed by atoms with Gasteiger partial charge in [-0.25, -0.2) is 4.98 Å². The Morgan fingerprint density at radius 2 is 2.12 bits per heavy atom. The number of aromatic nitrogens is 1. The van der Waals surface area contributed by atoms with Gasteiger partial charge in [-0.1, -0.05) is 24.3 Å². The van der Waals surface area contributed by atoms with Gasteiger partial charge in [-0.3, -0.25) is 4.79 Å². The van der Waals surface area contributed by atoms with Crippen molar-refractivity contribution < 1.29 is 14.6 Å². The van der Waals surface area contributed by atoms with Gasteiger partial charge in [0.05, 0.1) is 18.8 Å². The van der Waals surface area contributed by atoms with E-state index in [1.54, 1.807) is 24.1 Å². The summed E-state index contributed by atoms with van der Waals surface area (Å²) >= 11 is 0. The third kappa shape index (κ3) is 3.99. The number of benzene rings is 1. The van der Waals surface area contributed by atoms with Gasteiger partial charge >= 0.3 is 0 Å². The first-order chi connectivity index (χ1) is 12.1. The zero-order chi connectivity index (χ0) is 17.8. The Morgan fingerprint density at radius 3 is 2.76 bits per heavy atom. The number of aliphatic hydroxyl groups is 1. The Hall–Kier alpha value is -2.40. The summed E-state index contributed by atoms with van der Waals surface area (Å²) in [5, 5.41) is 10.5. The van der Waals surface area contributed by atoms with Gasteiger partial charge in [0.15, 0.2) is 0 Å². The summed E-state index contributed by atoms with van der Waals surface area (Å²) in [6.45, 7) is 3.11. The molecule has 0 saturated carbocycles. The van der Waals surface area contributed by atoms with E-state index in [4.69, 9.17) is 4.74 Å². The molecule has 0 unspecified atom stereocenters. The number of pyridine rings is 1. The van der Waals surface area contributed by atoms with Crippen LogP contribution in [-0.2, 0) is 6.42 Å². The largest absolute Gasteiger partial charge is 0.481 e. The molecule has 3 rings (SSSR count). The summed E-state index contributed by atoms with van der Waals surface area (Å²) in [7, 11) is 1.54. The molecule has 0 spiro atoms. The minimum Gasteiger partial charge on any atom is -0.481 e. The van der Waals surface area contributed by atoms with Crippen LogP contribution in [0.2, 0.25) is 0 Å². The molecule has 0 aliphatic carbocycles. The second kappa shape index (κ2) is 7.66. The Bertz CT molecular complexity index is 730. The Morgan fingerprint density at radius 1 is 1.32 bits per heavy atom. The fourth-order valence-electron chi connectivity index (χ4n) is 3.33. The second-order valence-corrected chi connectivity index (χ2v) is 6.59. The molecule has 5 nitrogen and oxygen atoms in total. The highest BCUT2D eigenvalue weighted by molar-refractivity contribution is 5.94. The van der Waals surface area contributed by atoms with Crippen LogP contribution in [0.3, 0.4) is 0 Å². The number of methoxy groups -OCH3 is 1. The van der Waals surface area contributed by atoms with Gasteiger partial charge in [-0.05, 0) is 42.9 Å². The van der Waals surface area contributed by atoms with Crippen molar-refractivity contribution in [3.05, 3.63) is 59.3 Å². The number of rotatable bonds is 4. The number of aryl methyl sites for hydroxylation is 1. The maximum Gasteiger partial charge on any atom is 0.255 e. The molecular formula is C20H24N2O3. The molecule has 0 bridgehead atoms. The minimum atomic E-state index is -0.511. The van der Waals surface area contributed by atoms with Crippen LogP contribution in [0.25, 0.3) is 0 Å². The number of piperidine rings is 1. The molecule has 1 aliphatic heterocycles. The quantitative estimate of drug-likeness (QED) is 0.929. The van der Waals surface area contributed by atoms with E-state index in [1.165, 1.54) is 17.3 Å². The van der Waals surface area contributed by atoms with Crippen LogP contribution >= 0.6 is 0 Å². The molecule has 1 aromatic carbocycles. The topological polar surface area (TPSA) is 62.7 Å². The van der Waals surface area contributed by atoms with Crippen LogP contribution in [0.15, 0.2) is 42.6 Å². The van der Waals surface area contributed by atoms with Crippen molar-refractivity contribution in [3.63, 3.8) is 0 Å². The van der Waals surface area contributed by atoms with Crippen LogP contribution in [0.4, 0.5) is 0 Å². The number of amides is 1. The summed E-state index contributed by atoms with van der Waals surface area (Å²) in [5.74, 6) is 0.566. The number of β-amino-alcohol motifs (C(OH)–C–C–N with tert-alkyl or cyclic N) is 1. The average Bonchev–Trinajstić information content (AvgIpc) is 2.64. The van der Waals surface area contributed by atoms with Gasteiger partial charge in [-0.2, -0.15) is 0 Å². The average molecular weight is 340 g/mol. The van der Waals surface area contributed by atoms with Crippen molar-refractivity contribution in [1.82, 2.24) is 9.88 Å². The van der Waals surface area contributed by atoms with Gasteiger partial charge < -0.3 is 14.7 Å². The number of carbonyl (C=O) groups is 1. The maximum atomic E-state index is 12.6. The molecule has 25 heavy (non-hydrogen) atoms. The number of hydrogen-bond acceptors (Lipinski definition) is 4. The lowest BCUT2D eigenvalue weighted by Gasteiger charge is -2.36. The van der Waals surface area contributed by atoms with E-state index in [1.807, 2.05) is 12.1 Å². The molecule has 1 saturated heterocycles. The van der Waals surface area contributed by atoms with E-state index in [0.29, 0.717) is 24.5 Å². The van der Waals surface area contributed by atoms with Crippen molar-refractivity contribution >= 4 is 5.91 Å².